The summed E-state index contributed by atoms with van der Waals surface area (Å²) in [4.78, 5) is 13.7. The summed E-state index contributed by atoms with van der Waals surface area (Å²) in [6.45, 7) is 6.04. The van der Waals surface area contributed by atoms with Crippen LogP contribution >= 0.6 is 15.9 Å². The molecule has 0 aromatic heterocycles. The molecule has 0 fully saturated rings. The van der Waals surface area contributed by atoms with Crippen molar-refractivity contribution in [2.24, 2.45) is 5.73 Å². The second-order valence-corrected chi connectivity index (χ2v) is 7.17. The van der Waals surface area contributed by atoms with Gasteiger partial charge in [0.15, 0.2) is 0 Å². The smallest absolute Gasteiger partial charge is 0.410 e. The first-order chi connectivity index (χ1) is 9.67. The normalized spacial score (nSPS) is 19.0. The molecule has 1 unspecified atom stereocenters. The van der Waals surface area contributed by atoms with E-state index in [1.54, 1.807) is 20.8 Å². The molecular formula is C15H20BrFN2O2. The average Bonchev–Trinajstić information content (AvgIpc) is 2.48. The third-order valence-corrected chi connectivity index (χ3v) is 3.76. The van der Waals surface area contributed by atoms with Crippen LogP contribution in [-0.2, 0) is 11.3 Å². The monoisotopic (exact) mass is 358 g/mol. The standard InChI is InChI=1S/C15H20BrFN2O2/c1-15(2,3)21-14(20)19-5-4-13(18)10-6-9(16)7-12(17)11(10)8-19/h6-7,13H,4-5,8,18H2,1-3H3. The Balaban J connectivity index is 2.29. The number of benzene rings is 1. The summed E-state index contributed by atoms with van der Waals surface area (Å²) in [5.74, 6) is -0.356. The second kappa shape index (κ2) is 5.93. The lowest BCUT2D eigenvalue weighted by Crippen LogP contribution is -2.36. The van der Waals surface area contributed by atoms with E-state index >= 15 is 0 Å². The maximum Gasteiger partial charge on any atom is 0.410 e. The van der Waals surface area contributed by atoms with Crippen molar-refractivity contribution in [1.82, 2.24) is 4.90 Å². The van der Waals surface area contributed by atoms with E-state index < -0.39 is 11.7 Å². The number of carbonyl (C=O) groups is 1. The van der Waals surface area contributed by atoms with E-state index in [0.29, 0.717) is 23.0 Å². The van der Waals surface area contributed by atoms with Crippen molar-refractivity contribution in [3.8, 4) is 0 Å². The molecule has 1 aromatic carbocycles. The van der Waals surface area contributed by atoms with Crippen LogP contribution < -0.4 is 5.73 Å². The van der Waals surface area contributed by atoms with E-state index in [2.05, 4.69) is 15.9 Å². The number of hydrogen-bond donors (Lipinski definition) is 1. The molecule has 6 heteroatoms. The Kier molecular flexibility index (Phi) is 4.58. The van der Waals surface area contributed by atoms with Crippen LogP contribution in [0, 0.1) is 5.82 Å². The number of ether oxygens (including phenoxy) is 1. The minimum Gasteiger partial charge on any atom is -0.444 e. The van der Waals surface area contributed by atoms with Crippen LogP contribution in [0.15, 0.2) is 16.6 Å². The Labute approximate surface area is 132 Å². The van der Waals surface area contributed by atoms with Crippen LogP contribution in [-0.4, -0.2) is 23.1 Å². The molecule has 0 aliphatic carbocycles. The van der Waals surface area contributed by atoms with Gasteiger partial charge in [0.05, 0.1) is 6.54 Å². The number of fused-ring (bicyclic) bond motifs is 1. The van der Waals surface area contributed by atoms with Crippen molar-refractivity contribution in [2.45, 2.75) is 45.4 Å². The van der Waals surface area contributed by atoms with E-state index in [1.165, 1.54) is 11.0 Å². The molecule has 1 aromatic rings. The minimum atomic E-state index is -0.577. The van der Waals surface area contributed by atoms with Crippen molar-refractivity contribution in [2.75, 3.05) is 6.54 Å². The first kappa shape index (κ1) is 16.2. The molecule has 4 nitrogen and oxygen atoms in total. The van der Waals surface area contributed by atoms with Gasteiger partial charge in [-0.3, -0.25) is 0 Å². The van der Waals surface area contributed by atoms with Gasteiger partial charge < -0.3 is 15.4 Å². The lowest BCUT2D eigenvalue weighted by molar-refractivity contribution is 0.0233. The van der Waals surface area contributed by atoms with E-state index in [0.717, 1.165) is 5.56 Å². The van der Waals surface area contributed by atoms with Gasteiger partial charge >= 0.3 is 6.09 Å². The third kappa shape index (κ3) is 3.95. The Bertz CT molecular complexity index is 557. The highest BCUT2D eigenvalue weighted by molar-refractivity contribution is 9.10. The molecule has 1 amide bonds. The quantitative estimate of drug-likeness (QED) is 0.768. The number of amides is 1. The largest absolute Gasteiger partial charge is 0.444 e. The van der Waals surface area contributed by atoms with E-state index in [-0.39, 0.29) is 18.4 Å². The summed E-state index contributed by atoms with van der Waals surface area (Å²) in [6, 6.07) is 2.92. The molecule has 1 aliphatic rings. The highest BCUT2D eigenvalue weighted by Gasteiger charge is 2.28. The minimum absolute atomic E-state index is 0.178. The van der Waals surface area contributed by atoms with Gasteiger partial charge in [0, 0.05) is 22.6 Å². The molecule has 21 heavy (non-hydrogen) atoms. The molecular weight excluding hydrogens is 339 g/mol. The summed E-state index contributed by atoms with van der Waals surface area (Å²) in [5, 5.41) is 0. The number of rotatable bonds is 0. The Morgan fingerprint density at radius 2 is 2.14 bits per heavy atom. The molecule has 1 atom stereocenters. The van der Waals surface area contributed by atoms with Gasteiger partial charge in [-0.25, -0.2) is 9.18 Å². The van der Waals surface area contributed by atoms with Crippen molar-refractivity contribution in [3.05, 3.63) is 33.5 Å². The zero-order valence-electron chi connectivity index (χ0n) is 12.5. The summed E-state index contributed by atoms with van der Waals surface area (Å²) in [7, 11) is 0. The first-order valence-electron chi connectivity index (χ1n) is 6.88. The predicted octanol–water partition coefficient (Wildman–Crippen LogP) is 3.73. The molecule has 0 spiro atoms. The van der Waals surface area contributed by atoms with Crippen molar-refractivity contribution in [3.63, 3.8) is 0 Å². The zero-order valence-corrected chi connectivity index (χ0v) is 14.0. The van der Waals surface area contributed by atoms with Gasteiger partial charge in [-0.05, 0) is 44.9 Å². The molecule has 2 N–H and O–H groups in total. The van der Waals surface area contributed by atoms with Crippen molar-refractivity contribution >= 4 is 22.0 Å². The van der Waals surface area contributed by atoms with Crippen LogP contribution in [0.3, 0.4) is 0 Å². The molecule has 116 valence electrons. The molecule has 1 heterocycles. The molecule has 0 bridgehead atoms. The van der Waals surface area contributed by atoms with Crippen LogP contribution in [0.1, 0.15) is 44.4 Å². The van der Waals surface area contributed by atoms with Gasteiger partial charge in [-0.1, -0.05) is 15.9 Å². The van der Waals surface area contributed by atoms with Gasteiger partial charge in [0.1, 0.15) is 11.4 Å². The Morgan fingerprint density at radius 3 is 2.76 bits per heavy atom. The number of nitrogens with zero attached hydrogens (tertiary/aromatic N) is 1. The van der Waals surface area contributed by atoms with Gasteiger partial charge in [0.2, 0.25) is 0 Å². The number of carbonyl (C=O) groups excluding carboxylic acids is 1. The van der Waals surface area contributed by atoms with Crippen LogP contribution in [0.25, 0.3) is 0 Å². The predicted molar refractivity (Wildman–Crippen MR) is 82.3 cm³/mol. The van der Waals surface area contributed by atoms with E-state index in [4.69, 9.17) is 10.5 Å². The van der Waals surface area contributed by atoms with Crippen LogP contribution in [0.2, 0.25) is 0 Å². The first-order valence-corrected chi connectivity index (χ1v) is 7.68. The topological polar surface area (TPSA) is 55.6 Å². The average molecular weight is 359 g/mol. The Hall–Kier alpha value is -1.14. The number of hydrogen-bond acceptors (Lipinski definition) is 3. The number of nitrogens with two attached hydrogens (primary N) is 1. The fourth-order valence-corrected chi connectivity index (χ4v) is 2.77. The fraction of sp³-hybridized carbons (Fsp3) is 0.533. The summed E-state index contributed by atoms with van der Waals surface area (Å²) < 4.78 is 20.2. The molecule has 1 aliphatic heterocycles. The van der Waals surface area contributed by atoms with Gasteiger partial charge in [-0.2, -0.15) is 0 Å². The van der Waals surface area contributed by atoms with Crippen molar-refractivity contribution < 1.29 is 13.9 Å². The maximum atomic E-state index is 14.2. The lowest BCUT2D eigenvalue weighted by atomic mass is 10.00. The molecule has 0 saturated carbocycles. The SMILES string of the molecule is CC(C)(C)OC(=O)N1CCC(N)c2cc(Br)cc(F)c2C1. The summed E-state index contributed by atoms with van der Waals surface area (Å²) in [5.41, 5.74) is 6.74. The highest BCUT2D eigenvalue weighted by Crippen LogP contribution is 2.30. The molecule has 0 radical (unpaired) electrons. The van der Waals surface area contributed by atoms with Crippen LogP contribution in [0.5, 0.6) is 0 Å². The Morgan fingerprint density at radius 1 is 1.48 bits per heavy atom. The number of halogens is 2. The van der Waals surface area contributed by atoms with E-state index in [9.17, 15) is 9.18 Å². The molecule has 2 rings (SSSR count). The lowest BCUT2D eigenvalue weighted by Gasteiger charge is -2.26. The zero-order chi connectivity index (χ0) is 15.8. The highest BCUT2D eigenvalue weighted by atomic mass is 79.9. The third-order valence-electron chi connectivity index (χ3n) is 3.30. The maximum absolute atomic E-state index is 14.2. The van der Waals surface area contributed by atoms with Crippen LogP contribution in [0.4, 0.5) is 9.18 Å². The van der Waals surface area contributed by atoms with Gasteiger partial charge in [0.25, 0.3) is 0 Å². The second-order valence-electron chi connectivity index (χ2n) is 6.25. The van der Waals surface area contributed by atoms with Crippen molar-refractivity contribution in [1.29, 1.82) is 0 Å². The summed E-state index contributed by atoms with van der Waals surface area (Å²) >= 11 is 3.28. The molecule has 0 saturated heterocycles. The van der Waals surface area contributed by atoms with Gasteiger partial charge in [-0.15, -0.1) is 0 Å². The van der Waals surface area contributed by atoms with E-state index in [1.807, 2.05) is 6.07 Å². The summed E-state index contributed by atoms with van der Waals surface area (Å²) in [6.07, 6.45) is 0.132. The fourth-order valence-electron chi connectivity index (χ4n) is 2.32.